The molecule has 3 rings (SSSR count). The molecule has 0 radical (unpaired) electrons. The Balaban J connectivity index is 2.12. The molecule has 0 heterocycles. The van der Waals surface area contributed by atoms with Gasteiger partial charge in [0.05, 0.1) is 13.0 Å². The lowest BCUT2D eigenvalue weighted by Crippen LogP contribution is -2.40. The van der Waals surface area contributed by atoms with Gasteiger partial charge < -0.3 is 4.74 Å². The Labute approximate surface area is 110 Å². The first kappa shape index (κ1) is 12.3. The minimum absolute atomic E-state index is 0.0263. The van der Waals surface area contributed by atoms with Gasteiger partial charge in [-0.2, -0.15) is 0 Å². The average Bonchev–Trinajstić information content (AvgIpc) is 2.76. The van der Waals surface area contributed by atoms with Crippen LogP contribution in [0.25, 0.3) is 0 Å². The molecule has 2 fully saturated rings. The monoisotopic (exact) mass is 248 g/mol. The predicted octanol–water partition coefficient (Wildman–Crippen LogP) is 3.42. The summed E-state index contributed by atoms with van der Waals surface area (Å²) in [6.45, 7) is 6.96. The van der Waals surface area contributed by atoms with E-state index < -0.39 is 0 Å². The van der Waals surface area contributed by atoms with E-state index in [0.717, 1.165) is 6.42 Å². The molecule has 0 spiro atoms. The van der Waals surface area contributed by atoms with Gasteiger partial charge in [-0.3, -0.25) is 4.79 Å². The molecule has 3 aliphatic rings. The second kappa shape index (κ2) is 3.61. The van der Waals surface area contributed by atoms with E-state index in [0.29, 0.717) is 17.8 Å². The fourth-order valence-electron chi connectivity index (χ4n) is 5.75. The SMILES string of the molecule is COC(=O)[C@H]1[C@H]2CC[C@H]3[C@]1(C)CC=C[C@]23C(C)C. The summed E-state index contributed by atoms with van der Waals surface area (Å²) in [5.74, 6) is 1.92. The molecule has 2 saturated carbocycles. The molecule has 0 aromatic carbocycles. The van der Waals surface area contributed by atoms with Gasteiger partial charge in [0, 0.05) is 0 Å². The van der Waals surface area contributed by atoms with Gasteiger partial charge in [0.15, 0.2) is 0 Å². The largest absolute Gasteiger partial charge is 0.469 e. The van der Waals surface area contributed by atoms with Gasteiger partial charge in [-0.1, -0.05) is 32.9 Å². The zero-order valence-electron chi connectivity index (χ0n) is 11.9. The summed E-state index contributed by atoms with van der Waals surface area (Å²) in [6.07, 6.45) is 8.31. The van der Waals surface area contributed by atoms with Crippen molar-refractivity contribution in [3.8, 4) is 0 Å². The smallest absolute Gasteiger partial charge is 0.309 e. The highest BCUT2D eigenvalue weighted by atomic mass is 16.5. The van der Waals surface area contributed by atoms with Crippen molar-refractivity contribution < 1.29 is 9.53 Å². The van der Waals surface area contributed by atoms with Crippen molar-refractivity contribution in [2.75, 3.05) is 7.11 Å². The summed E-state index contributed by atoms with van der Waals surface area (Å²) in [6, 6.07) is 0. The molecule has 0 saturated heterocycles. The van der Waals surface area contributed by atoms with E-state index in [4.69, 9.17) is 4.74 Å². The Morgan fingerprint density at radius 1 is 1.39 bits per heavy atom. The molecule has 2 heteroatoms. The van der Waals surface area contributed by atoms with Gasteiger partial charge in [0.1, 0.15) is 0 Å². The maximum Gasteiger partial charge on any atom is 0.309 e. The molecule has 0 amide bonds. The average molecular weight is 248 g/mol. The summed E-state index contributed by atoms with van der Waals surface area (Å²) in [5, 5.41) is 0. The highest BCUT2D eigenvalue weighted by Gasteiger charge is 2.71. The highest BCUT2D eigenvalue weighted by Crippen LogP contribution is 2.74. The molecule has 100 valence electrons. The summed E-state index contributed by atoms with van der Waals surface area (Å²) >= 11 is 0. The van der Waals surface area contributed by atoms with Gasteiger partial charge in [-0.25, -0.2) is 0 Å². The Morgan fingerprint density at radius 2 is 2.11 bits per heavy atom. The van der Waals surface area contributed by atoms with E-state index in [9.17, 15) is 4.79 Å². The lowest BCUT2D eigenvalue weighted by molar-refractivity contribution is -0.152. The molecule has 2 nitrogen and oxygen atoms in total. The van der Waals surface area contributed by atoms with Crippen molar-refractivity contribution in [1.29, 1.82) is 0 Å². The van der Waals surface area contributed by atoms with E-state index in [1.165, 1.54) is 20.0 Å². The molecule has 4 bridgehead atoms. The Kier molecular flexibility index (Phi) is 2.46. The van der Waals surface area contributed by atoms with Crippen LogP contribution in [0.15, 0.2) is 12.2 Å². The summed E-state index contributed by atoms with van der Waals surface area (Å²) in [4.78, 5) is 12.3. The first-order valence-electron chi connectivity index (χ1n) is 7.24. The van der Waals surface area contributed by atoms with Crippen LogP contribution in [0.3, 0.4) is 0 Å². The molecule has 18 heavy (non-hydrogen) atoms. The third-order valence-electron chi connectivity index (χ3n) is 6.34. The summed E-state index contributed by atoms with van der Waals surface area (Å²) in [5.41, 5.74) is 0.390. The number of ether oxygens (including phenoxy) is 1. The molecule has 0 aromatic rings. The maximum absolute atomic E-state index is 12.3. The quantitative estimate of drug-likeness (QED) is 0.553. The lowest BCUT2D eigenvalue weighted by atomic mass is 9.60. The second-order valence-electron chi connectivity index (χ2n) is 7.00. The fraction of sp³-hybridized carbons (Fsp3) is 0.812. The summed E-state index contributed by atoms with van der Waals surface area (Å²) < 4.78 is 5.12. The molecule has 0 aliphatic heterocycles. The molecule has 0 unspecified atom stereocenters. The number of hydrogen-bond donors (Lipinski definition) is 0. The van der Waals surface area contributed by atoms with Crippen molar-refractivity contribution in [2.45, 2.75) is 40.0 Å². The van der Waals surface area contributed by atoms with Crippen molar-refractivity contribution in [3.05, 3.63) is 12.2 Å². The van der Waals surface area contributed by atoms with Gasteiger partial charge in [0.2, 0.25) is 0 Å². The van der Waals surface area contributed by atoms with Crippen LogP contribution in [0.5, 0.6) is 0 Å². The third kappa shape index (κ3) is 1.13. The molecule has 5 atom stereocenters. The zero-order chi connectivity index (χ0) is 13.1. The molecular weight excluding hydrogens is 224 g/mol. The van der Waals surface area contributed by atoms with Gasteiger partial charge in [0.25, 0.3) is 0 Å². The number of esters is 1. The van der Waals surface area contributed by atoms with E-state index in [1.54, 1.807) is 0 Å². The van der Waals surface area contributed by atoms with E-state index in [2.05, 4.69) is 32.9 Å². The molecule has 0 N–H and O–H groups in total. The molecule has 0 aromatic heterocycles. The Hall–Kier alpha value is -0.790. The van der Waals surface area contributed by atoms with Crippen molar-refractivity contribution in [1.82, 2.24) is 0 Å². The number of carbonyl (C=O) groups excluding carboxylic acids is 1. The number of methoxy groups -OCH3 is 1. The van der Waals surface area contributed by atoms with Crippen LogP contribution >= 0.6 is 0 Å². The van der Waals surface area contributed by atoms with Gasteiger partial charge in [-0.05, 0) is 47.8 Å². The van der Waals surface area contributed by atoms with Crippen molar-refractivity contribution >= 4 is 5.97 Å². The van der Waals surface area contributed by atoms with Crippen molar-refractivity contribution in [2.24, 2.45) is 34.5 Å². The molecular formula is C16H24O2. The van der Waals surface area contributed by atoms with Crippen LogP contribution in [0.1, 0.15) is 40.0 Å². The van der Waals surface area contributed by atoms with E-state index in [1.807, 2.05) is 0 Å². The van der Waals surface area contributed by atoms with E-state index >= 15 is 0 Å². The standard InChI is InChI=1S/C16H24O2/c1-10(2)16-9-5-8-15(3)12(16)7-6-11(16)13(15)14(17)18-4/h5,9-13H,6-8H2,1-4H3/t11-,12+,13-,15+,16+/m1/s1. The second-order valence-corrected chi connectivity index (χ2v) is 7.00. The highest BCUT2D eigenvalue weighted by molar-refractivity contribution is 5.75. The minimum Gasteiger partial charge on any atom is -0.469 e. The van der Waals surface area contributed by atoms with Crippen LogP contribution in [0.2, 0.25) is 0 Å². The molecule has 3 aliphatic carbocycles. The normalized spacial score (nSPS) is 48.8. The Morgan fingerprint density at radius 3 is 2.67 bits per heavy atom. The van der Waals surface area contributed by atoms with Crippen LogP contribution in [0.4, 0.5) is 0 Å². The van der Waals surface area contributed by atoms with Crippen LogP contribution in [0, 0.1) is 34.5 Å². The number of carbonyl (C=O) groups is 1. The third-order valence-corrected chi connectivity index (χ3v) is 6.34. The first-order valence-corrected chi connectivity index (χ1v) is 7.24. The van der Waals surface area contributed by atoms with Gasteiger partial charge in [-0.15, -0.1) is 0 Å². The Bertz CT molecular complexity index is 411. The van der Waals surface area contributed by atoms with Crippen LogP contribution in [-0.4, -0.2) is 13.1 Å². The minimum atomic E-state index is 0.0263. The summed E-state index contributed by atoms with van der Waals surface area (Å²) in [7, 11) is 1.54. The number of allylic oxidation sites excluding steroid dienone is 2. The fourth-order valence-corrected chi connectivity index (χ4v) is 5.75. The topological polar surface area (TPSA) is 26.3 Å². The van der Waals surface area contributed by atoms with Crippen molar-refractivity contribution in [3.63, 3.8) is 0 Å². The number of hydrogen-bond acceptors (Lipinski definition) is 2. The van der Waals surface area contributed by atoms with E-state index in [-0.39, 0.29) is 22.7 Å². The van der Waals surface area contributed by atoms with Crippen LogP contribution < -0.4 is 0 Å². The number of rotatable bonds is 2. The predicted molar refractivity (Wildman–Crippen MR) is 70.9 cm³/mol. The van der Waals surface area contributed by atoms with Gasteiger partial charge >= 0.3 is 5.97 Å². The lowest BCUT2D eigenvalue weighted by Gasteiger charge is -2.44. The zero-order valence-corrected chi connectivity index (χ0v) is 11.9. The maximum atomic E-state index is 12.3. The van der Waals surface area contributed by atoms with Crippen LogP contribution in [-0.2, 0) is 9.53 Å². The first-order chi connectivity index (χ1) is 8.48.